The molecular formula is C24H30N4O4. The quantitative estimate of drug-likeness (QED) is 0.551. The van der Waals surface area contributed by atoms with Crippen LogP contribution in [-0.4, -0.2) is 54.7 Å². The predicted octanol–water partition coefficient (Wildman–Crippen LogP) is 2.88. The lowest BCUT2D eigenvalue weighted by molar-refractivity contribution is -0.140. The average molecular weight is 439 g/mol. The van der Waals surface area contributed by atoms with Crippen molar-refractivity contribution in [2.45, 2.75) is 31.9 Å². The van der Waals surface area contributed by atoms with E-state index >= 15 is 0 Å². The monoisotopic (exact) mass is 438 g/mol. The molecule has 0 aliphatic carbocycles. The fourth-order valence-electron chi connectivity index (χ4n) is 4.35. The highest BCUT2D eigenvalue weighted by atomic mass is 16.5. The minimum atomic E-state index is -2.18. The zero-order valence-corrected chi connectivity index (χ0v) is 18.3. The van der Waals surface area contributed by atoms with E-state index in [9.17, 15) is 14.7 Å². The average Bonchev–Trinajstić information content (AvgIpc) is 3.31. The third-order valence-corrected chi connectivity index (χ3v) is 5.93. The Labute approximate surface area is 188 Å². The Hall–Kier alpha value is -3.10. The molecule has 0 saturated carbocycles. The van der Waals surface area contributed by atoms with E-state index in [-0.39, 0.29) is 0 Å². The Bertz CT molecular complexity index is 959. The molecule has 0 spiro atoms. The van der Waals surface area contributed by atoms with Gasteiger partial charge in [-0.2, -0.15) is 0 Å². The Morgan fingerprint density at radius 3 is 2.59 bits per heavy atom. The van der Waals surface area contributed by atoms with E-state index in [4.69, 9.17) is 4.74 Å². The molecule has 0 radical (unpaired) electrons. The lowest BCUT2D eigenvalue weighted by atomic mass is 9.94. The van der Waals surface area contributed by atoms with Crippen LogP contribution in [0.4, 0.5) is 16.2 Å². The number of anilines is 2. The molecule has 2 aliphatic rings. The van der Waals surface area contributed by atoms with Gasteiger partial charge in [-0.25, -0.2) is 4.79 Å². The van der Waals surface area contributed by atoms with Crippen LogP contribution in [0.25, 0.3) is 0 Å². The Kier molecular flexibility index (Phi) is 6.62. The first kappa shape index (κ1) is 22.1. The van der Waals surface area contributed by atoms with Gasteiger partial charge in [-0.1, -0.05) is 18.2 Å². The number of carbonyl (C=O) groups excluding carboxylic acids is 2. The van der Waals surface area contributed by atoms with Gasteiger partial charge in [0.05, 0.1) is 12.3 Å². The normalized spacial score (nSPS) is 20.6. The fraction of sp³-hybridized carbons (Fsp3) is 0.417. The molecule has 1 atom stereocenters. The van der Waals surface area contributed by atoms with Crippen molar-refractivity contribution in [2.75, 3.05) is 43.0 Å². The number of nitrogens with zero attached hydrogens (tertiary/aromatic N) is 2. The molecule has 1 saturated heterocycles. The molecular weight excluding hydrogens is 408 g/mol. The number of aliphatic hydroxyl groups is 1. The van der Waals surface area contributed by atoms with Gasteiger partial charge in [0.1, 0.15) is 5.75 Å². The van der Waals surface area contributed by atoms with Crippen LogP contribution in [0, 0.1) is 0 Å². The summed E-state index contributed by atoms with van der Waals surface area (Å²) in [6, 6.07) is 13.0. The topological polar surface area (TPSA) is 94.1 Å². The van der Waals surface area contributed by atoms with Crippen molar-refractivity contribution in [1.29, 1.82) is 0 Å². The minimum Gasteiger partial charge on any atom is -0.494 e. The highest BCUT2D eigenvalue weighted by Gasteiger charge is 2.51. The van der Waals surface area contributed by atoms with Crippen LogP contribution in [0.15, 0.2) is 48.5 Å². The largest absolute Gasteiger partial charge is 0.494 e. The van der Waals surface area contributed by atoms with E-state index in [1.54, 1.807) is 48.5 Å². The number of fused-ring (bicyclic) bond motifs is 1. The number of carbonyl (C=O) groups is 2. The molecule has 2 heterocycles. The van der Waals surface area contributed by atoms with E-state index in [0.29, 0.717) is 35.8 Å². The molecule has 8 nitrogen and oxygen atoms in total. The van der Waals surface area contributed by atoms with Crippen molar-refractivity contribution in [3.63, 3.8) is 0 Å². The zero-order valence-electron chi connectivity index (χ0n) is 18.3. The minimum absolute atomic E-state index is 0.325. The number of ether oxygens (including phenoxy) is 1. The van der Waals surface area contributed by atoms with Crippen LogP contribution in [-0.2, 0) is 10.5 Å². The van der Waals surface area contributed by atoms with E-state index in [0.717, 1.165) is 31.0 Å². The first-order chi connectivity index (χ1) is 15.5. The van der Waals surface area contributed by atoms with E-state index in [1.165, 1.54) is 12.8 Å². The Morgan fingerprint density at radius 1 is 1.16 bits per heavy atom. The summed E-state index contributed by atoms with van der Waals surface area (Å²) >= 11 is 0. The predicted molar refractivity (Wildman–Crippen MR) is 123 cm³/mol. The smallest absolute Gasteiger partial charge is 0.329 e. The van der Waals surface area contributed by atoms with Gasteiger partial charge in [0.15, 0.2) is 0 Å². The van der Waals surface area contributed by atoms with Gasteiger partial charge in [-0.15, -0.1) is 0 Å². The number of likely N-dealkylation sites (tertiary alicyclic amines) is 1. The summed E-state index contributed by atoms with van der Waals surface area (Å²) in [6.45, 7) is 5.90. The number of hydrogen-bond donors (Lipinski definition) is 3. The number of hydrogen-bond acceptors (Lipinski definition) is 5. The maximum Gasteiger partial charge on any atom is 0.329 e. The second-order valence-electron chi connectivity index (χ2n) is 8.07. The Balaban J connectivity index is 1.59. The molecule has 3 amide bonds. The van der Waals surface area contributed by atoms with Crippen molar-refractivity contribution in [3.8, 4) is 5.75 Å². The number of urea groups is 1. The van der Waals surface area contributed by atoms with Crippen LogP contribution < -0.4 is 20.3 Å². The van der Waals surface area contributed by atoms with Crippen molar-refractivity contribution >= 4 is 23.3 Å². The van der Waals surface area contributed by atoms with Gasteiger partial charge in [0.25, 0.3) is 11.6 Å². The van der Waals surface area contributed by atoms with E-state index in [2.05, 4.69) is 15.5 Å². The lowest BCUT2D eigenvalue weighted by Crippen LogP contribution is -2.62. The van der Waals surface area contributed by atoms with Crippen molar-refractivity contribution < 1.29 is 19.4 Å². The summed E-state index contributed by atoms with van der Waals surface area (Å²) in [5, 5.41) is 17.4. The Morgan fingerprint density at radius 2 is 1.88 bits per heavy atom. The van der Waals surface area contributed by atoms with Gasteiger partial charge >= 0.3 is 6.03 Å². The molecule has 0 unspecified atom stereocenters. The highest BCUT2D eigenvalue weighted by Crippen LogP contribution is 2.40. The third kappa shape index (κ3) is 4.28. The number of amides is 3. The molecule has 0 aromatic heterocycles. The van der Waals surface area contributed by atoms with E-state index in [1.807, 2.05) is 6.92 Å². The van der Waals surface area contributed by atoms with Gasteiger partial charge in [-0.3, -0.25) is 9.69 Å². The van der Waals surface area contributed by atoms with Gasteiger partial charge in [0, 0.05) is 17.8 Å². The molecule has 170 valence electrons. The molecule has 32 heavy (non-hydrogen) atoms. The van der Waals surface area contributed by atoms with Gasteiger partial charge in [-0.05, 0) is 76.2 Å². The van der Waals surface area contributed by atoms with Crippen LogP contribution in [0.2, 0.25) is 0 Å². The summed E-state index contributed by atoms with van der Waals surface area (Å²) in [4.78, 5) is 29.9. The summed E-state index contributed by atoms with van der Waals surface area (Å²) in [6.07, 6.45) is 3.21. The van der Waals surface area contributed by atoms with Crippen molar-refractivity contribution in [1.82, 2.24) is 10.2 Å². The molecule has 2 aromatic rings. The molecule has 0 bridgehead atoms. The molecule has 8 heteroatoms. The summed E-state index contributed by atoms with van der Waals surface area (Å²) in [5.41, 5.74) is -1.06. The maximum absolute atomic E-state index is 13.4. The van der Waals surface area contributed by atoms with Gasteiger partial charge < -0.3 is 25.4 Å². The second kappa shape index (κ2) is 9.58. The van der Waals surface area contributed by atoms with Crippen molar-refractivity contribution in [3.05, 3.63) is 54.1 Å². The first-order valence-corrected chi connectivity index (χ1v) is 11.2. The van der Waals surface area contributed by atoms with E-state index < -0.39 is 17.7 Å². The molecule has 1 fully saturated rings. The SMILES string of the molecule is CCOc1ccc(N2C(=O)Nc3ccccc3[C@]2(O)C(=O)NCCCN2CCCC2)cc1. The van der Waals surface area contributed by atoms with Crippen LogP contribution in [0.1, 0.15) is 31.7 Å². The number of rotatable bonds is 8. The first-order valence-electron chi connectivity index (χ1n) is 11.2. The van der Waals surface area contributed by atoms with Gasteiger partial charge in [0.2, 0.25) is 0 Å². The maximum atomic E-state index is 13.4. The standard InChI is InChI=1S/C24H30N4O4/c1-2-32-19-12-10-18(11-13-19)28-23(30)26-21-9-4-3-8-20(21)24(28,31)22(29)25-14-7-17-27-15-5-6-16-27/h3-4,8-13,31H,2,5-7,14-17H2,1H3,(H,25,29)(H,26,30)/t24-/m0/s1. The zero-order chi connectivity index (χ0) is 22.6. The summed E-state index contributed by atoms with van der Waals surface area (Å²) in [7, 11) is 0. The van der Waals surface area contributed by atoms with Crippen LogP contribution in [0.5, 0.6) is 5.75 Å². The number of para-hydroxylation sites is 1. The van der Waals surface area contributed by atoms with Crippen LogP contribution in [0.3, 0.4) is 0 Å². The van der Waals surface area contributed by atoms with Crippen LogP contribution >= 0.6 is 0 Å². The second-order valence-corrected chi connectivity index (χ2v) is 8.07. The molecule has 3 N–H and O–H groups in total. The number of nitrogens with one attached hydrogen (secondary N) is 2. The summed E-state index contributed by atoms with van der Waals surface area (Å²) < 4.78 is 5.47. The van der Waals surface area contributed by atoms with Crippen molar-refractivity contribution in [2.24, 2.45) is 0 Å². The number of benzene rings is 2. The summed E-state index contributed by atoms with van der Waals surface area (Å²) in [5.74, 6) is 0.0130. The molecule has 2 aliphatic heterocycles. The third-order valence-electron chi connectivity index (χ3n) is 5.93. The lowest BCUT2D eigenvalue weighted by Gasteiger charge is -2.42. The molecule has 4 rings (SSSR count). The fourth-order valence-corrected chi connectivity index (χ4v) is 4.35. The molecule has 2 aromatic carbocycles. The highest BCUT2D eigenvalue weighted by molar-refractivity contribution is 6.11.